The van der Waals surface area contributed by atoms with Gasteiger partial charge >= 0.3 is 0 Å². The first-order chi connectivity index (χ1) is 7.79. The van der Waals surface area contributed by atoms with Crippen LogP contribution in [0.2, 0.25) is 0 Å². The van der Waals surface area contributed by atoms with Crippen molar-refractivity contribution in [1.82, 2.24) is 0 Å². The Kier molecular flexibility index (Phi) is 3.10. The van der Waals surface area contributed by atoms with Gasteiger partial charge in [0.15, 0.2) is 6.29 Å². The lowest BCUT2D eigenvalue weighted by atomic mass is 10.0. The van der Waals surface area contributed by atoms with Gasteiger partial charge in [-0.2, -0.15) is 0 Å². The van der Waals surface area contributed by atoms with Crippen LogP contribution in [0.3, 0.4) is 0 Å². The summed E-state index contributed by atoms with van der Waals surface area (Å²) in [7, 11) is 0. The van der Waals surface area contributed by atoms with Crippen molar-refractivity contribution in [2.75, 3.05) is 0 Å². The maximum absolute atomic E-state index is 13.1. The molecular weight excluding hydrogens is 203 g/mol. The summed E-state index contributed by atoms with van der Waals surface area (Å²) < 4.78 is 13.1. The van der Waals surface area contributed by atoms with Gasteiger partial charge in [-0.15, -0.1) is 0 Å². The van der Waals surface area contributed by atoms with Gasteiger partial charge in [0.1, 0.15) is 5.82 Å². The van der Waals surface area contributed by atoms with E-state index in [1.165, 1.54) is 6.07 Å². The molecule has 2 aromatic rings. The van der Waals surface area contributed by atoms with Crippen molar-refractivity contribution in [2.45, 2.75) is 6.42 Å². The molecule has 0 heterocycles. The topological polar surface area (TPSA) is 17.1 Å². The molecule has 0 spiro atoms. The molecule has 0 amide bonds. The zero-order valence-electron chi connectivity index (χ0n) is 8.69. The zero-order valence-corrected chi connectivity index (χ0v) is 8.69. The third-order valence-electron chi connectivity index (χ3n) is 2.44. The molecule has 0 aromatic heterocycles. The van der Waals surface area contributed by atoms with Crippen molar-refractivity contribution in [2.24, 2.45) is 0 Å². The van der Waals surface area contributed by atoms with E-state index in [4.69, 9.17) is 0 Å². The molecular formula is C14H11FO. The first kappa shape index (κ1) is 10.6. The van der Waals surface area contributed by atoms with Crippen molar-refractivity contribution >= 4 is 6.29 Å². The predicted octanol–water partition coefficient (Wildman–Crippen LogP) is 3.23. The lowest BCUT2D eigenvalue weighted by Gasteiger charge is -2.03. The standard InChI is InChI=1S/C14H11FO/c15-14-7-6-12(9-13(14)10-16)8-11-4-2-1-3-5-11/h1-7,9-10H,8H2. The summed E-state index contributed by atoms with van der Waals surface area (Å²) >= 11 is 0. The van der Waals surface area contributed by atoms with E-state index in [0.29, 0.717) is 12.7 Å². The Hall–Kier alpha value is -1.96. The van der Waals surface area contributed by atoms with Crippen LogP contribution < -0.4 is 0 Å². The molecule has 0 aliphatic carbocycles. The second kappa shape index (κ2) is 4.71. The Balaban J connectivity index is 2.26. The van der Waals surface area contributed by atoms with Gasteiger partial charge in [0.05, 0.1) is 5.56 Å². The van der Waals surface area contributed by atoms with E-state index < -0.39 is 5.82 Å². The third kappa shape index (κ3) is 2.34. The number of rotatable bonds is 3. The van der Waals surface area contributed by atoms with Gasteiger partial charge in [0, 0.05) is 0 Å². The molecule has 2 heteroatoms. The summed E-state index contributed by atoms with van der Waals surface area (Å²) in [5, 5.41) is 0. The molecule has 0 fully saturated rings. The highest BCUT2D eigenvalue weighted by Crippen LogP contribution is 2.13. The summed E-state index contributed by atoms with van der Waals surface area (Å²) in [5.41, 5.74) is 2.20. The first-order valence-corrected chi connectivity index (χ1v) is 5.07. The quantitative estimate of drug-likeness (QED) is 0.717. The highest BCUT2D eigenvalue weighted by molar-refractivity contribution is 5.75. The monoisotopic (exact) mass is 214 g/mol. The van der Waals surface area contributed by atoms with Gasteiger partial charge in [-0.3, -0.25) is 4.79 Å². The minimum absolute atomic E-state index is 0.119. The molecule has 0 N–H and O–H groups in total. The van der Waals surface area contributed by atoms with Gasteiger partial charge in [0.2, 0.25) is 0 Å². The van der Waals surface area contributed by atoms with Crippen LogP contribution in [-0.4, -0.2) is 6.29 Å². The molecule has 0 aliphatic heterocycles. The summed E-state index contributed by atoms with van der Waals surface area (Å²) in [6, 6.07) is 14.5. The smallest absolute Gasteiger partial charge is 0.153 e. The van der Waals surface area contributed by atoms with Crippen molar-refractivity contribution < 1.29 is 9.18 Å². The maximum atomic E-state index is 13.1. The Morgan fingerprint density at radius 1 is 1.00 bits per heavy atom. The average molecular weight is 214 g/mol. The van der Waals surface area contributed by atoms with Crippen LogP contribution in [-0.2, 0) is 6.42 Å². The summed E-state index contributed by atoms with van der Waals surface area (Å²) in [4.78, 5) is 10.6. The minimum Gasteiger partial charge on any atom is -0.298 e. The maximum Gasteiger partial charge on any atom is 0.153 e. The highest BCUT2D eigenvalue weighted by Gasteiger charge is 2.02. The highest BCUT2D eigenvalue weighted by atomic mass is 19.1. The molecule has 0 aliphatic rings. The largest absolute Gasteiger partial charge is 0.298 e. The fraction of sp³-hybridized carbons (Fsp3) is 0.0714. The second-order valence-corrected chi connectivity index (χ2v) is 3.64. The Morgan fingerprint density at radius 3 is 2.44 bits per heavy atom. The Morgan fingerprint density at radius 2 is 1.75 bits per heavy atom. The fourth-order valence-electron chi connectivity index (χ4n) is 1.63. The molecule has 0 radical (unpaired) electrons. The van der Waals surface area contributed by atoms with Crippen molar-refractivity contribution in [3.05, 3.63) is 71.0 Å². The number of hydrogen-bond acceptors (Lipinski definition) is 1. The molecule has 0 saturated carbocycles. The van der Waals surface area contributed by atoms with Gasteiger partial charge < -0.3 is 0 Å². The number of carbonyl (C=O) groups is 1. The number of benzene rings is 2. The van der Waals surface area contributed by atoms with Crippen LogP contribution in [0.15, 0.2) is 48.5 Å². The minimum atomic E-state index is -0.466. The first-order valence-electron chi connectivity index (χ1n) is 5.07. The number of halogens is 1. The van der Waals surface area contributed by atoms with E-state index in [1.807, 2.05) is 30.3 Å². The molecule has 1 nitrogen and oxygen atoms in total. The van der Waals surface area contributed by atoms with Crippen LogP contribution >= 0.6 is 0 Å². The van der Waals surface area contributed by atoms with Crippen LogP contribution in [0.25, 0.3) is 0 Å². The summed E-state index contributed by atoms with van der Waals surface area (Å²) in [6.45, 7) is 0. The van der Waals surface area contributed by atoms with E-state index in [-0.39, 0.29) is 5.56 Å². The molecule has 0 atom stereocenters. The lowest BCUT2D eigenvalue weighted by Crippen LogP contribution is -1.93. The summed E-state index contributed by atoms with van der Waals surface area (Å²) in [5.74, 6) is -0.466. The van der Waals surface area contributed by atoms with E-state index in [2.05, 4.69) is 0 Å². The number of aldehydes is 1. The molecule has 2 aromatic carbocycles. The van der Waals surface area contributed by atoms with Crippen molar-refractivity contribution in [1.29, 1.82) is 0 Å². The molecule has 0 bridgehead atoms. The zero-order chi connectivity index (χ0) is 11.4. The molecule has 0 unspecified atom stereocenters. The van der Waals surface area contributed by atoms with Crippen LogP contribution in [0.4, 0.5) is 4.39 Å². The van der Waals surface area contributed by atoms with E-state index in [1.54, 1.807) is 12.1 Å². The SMILES string of the molecule is O=Cc1cc(Cc2ccccc2)ccc1F. The van der Waals surface area contributed by atoms with Gasteiger partial charge in [-0.05, 0) is 29.7 Å². The van der Waals surface area contributed by atoms with Crippen LogP contribution in [0, 0.1) is 5.82 Å². The van der Waals surface area contributed by atoms with Crippen molar-refractivity contribution in [3.63, 3.8) is 0 Å². The Labute approximate surface area is 93.5 Å². The van der Waals surface area contributed by atoms with Gasteiger partial charge in [-0.25, -0.2) is 4.39 Å². The Bertz CT molecular complexity index is 491. The second-order valence-electron chi connectivity index (χ2n) is 3.64. The normalized spacial score (nSPS) is 10.1. The average Bonchev–Trinajstić information content (AvgIpc) is 2.33. The van der Waals surface area contributed by atoms with E-state index in [9.17, 15) is 9.18 Å². The number of carbonyl (C=O) groups excluding carboxylic acids is 1. The van der Waals surface area contributed by atoms with E-state index >= 15 is 0 Å². The molecule has 0 saturated heterocycles. The lowest BCUT2D eigenvalue weighted by molar-refractivity contribution is 0.111. The van der Waals surface area contributed by atoms with Gasteiger partial charge in [-0.1, -0.05) is 36.4 Å². The third-order valence-corrected chi connectivity index (χ3v) is 2.44. The molecule has 2 rings (SSSR count). The van der Waals surface area contributed by atoms with Crippen molar-refractivity contribution in [3.8, 4) is 0 Å². The van der Waals surface area contributed by atoms with E-state index in [0.717, 1.165) is 11.1 Å². The summed E-state index contributed by atoms with van der Waals surface area (Å²) in [6.07, 6.45) is 1.26. The van der Waals surface area contributed by atoms with Gasteiger partial charge in [0.25, 0.3) is 0 Å². The molecule has 80 valence electrons. The van der Waals surface area contributed by atoms with Crippen LogP contribution in [0.5, 0.6) is 0 Å². The van der Waals surface area contributed by atoms with Crippen LogP contribution in [0.1, 0.15) is 21.5 Å². The fourth-order valence-corrected chi connectivity index (χ4v) is 1.63. The molecule has 16 heavy (non-hydrogen) atoms. The predicted molar refractivity (Wildman–Crippen MR) is 61.0 cm³/mol. The number of hydrogen-bond donors (Lipinski definition) is 0.